The predicted molar refractivity (Wildman–Crippen MR) is 54.2 cm³/mol. The molecule has 0 rings (SSSR count). The molecule has 72 valence electrons. The van der Waals surface area contributed by atoms with Crippen molar-refractivity contribution >= 4 is 14.0 Å². The second kappa shape index (κ2) is 3.60. The largest absolute Gasteiger partial charge is 0.481 e. The first kappa shape index (κ1) is 11.7. The van der Waals surface area contributed by atoms with Gasteiger partial charge in [0.15, 0.2) is 0 Å². The number of carbonyl (C=O) groups is 1. The maximum absolute atomic E-state index is 11.0. The lowest BCUT2D eigenvalue weighted by molar-refractivity contribution is -0.147. The molecule has 0 amide bonds. The monoisotopic (exact) mass is 188 g/mol. The van der Waals surface area contributed by atoms with Gasteiger partial charge in [-0.2, -0.15) is 0 Å². The Morgan fingerprint density at radius 3 is 1.92 bits per heavy atom. The van der Waals surface area contributed by atoms with Crippen LogP contribution in [0.5, 0.6) is 0 Å². The van der Waals surface area contributed by atoms with Gasteiger partial charge in [-0.15, -0.1) is 0 Å². The summed E-state index contributed by atoms with van der Waals surface area (Å²) in [6.45, 7) is 10.4. The van der Waals surface area contributed by atoms with E-state index in [2.05, 4.69) is 19.6 Å². The highest BCUT2D eigenvalue weighted by Crippen LogP contribution is 2.32. The molecule has 0 saturated carbocycles. The van der Waals surface area contributed by atoms with Crippen molar-refractivity contribution in [3.8, 4) is 0 Å². The van der Waals surface area contributed by atoms with Crippen LogP contribution >= 0.6 is 0 Å². The summed E-state index contributed by atoms with van der Waals surface area (Å²) in [6.07, 6.45) is 0.729. The van der Waals surface area contributed by atoms with Crippen molar-refractivity contribution in [2.24, 2.45) is 5.41 Å². The molecule has 0 heterocycles. The fourth-order valence-corrected chi connectivity index (χ4v) is 4.26. The van der Waals surface area contributed by atoms with E-state index < -0.39 is 19.5 Å². The lowest BCUT2D eigenvalue weighted by Gasteiger charge is -2.29. The summed E-state index contributed by atoms with van der Waals surface area (Å²) in [5, 5.41) is 9.02. The number of hydrogen-bond donors (Lipinski definition) is 1. The predicted octanol–water partition coefficient (Wildman–Crippen LogP) is 2.83. The summed E-state index contributed by atoms with van der Waals surface area (Å²) in [7, 11) is -1.26. The van der Waals surface area contributed by atoms with E-state index in [9.17, 15) is 4.79 Å². The fraction of sp³-hybridized carbons (Fsp3) is 0.889. The highest BCUT2D eigenvalue weighted by molar-refractivity contribution is 6.76. The van der Waals surface area contributed by atoms with Gasteiger partial charge in [0.25, 0.3) is 0 Å². The number of hydrogen-bond acceptors (Lipinski definition) is 1. The number of rotatable bonds is 4. The normalized spacial score (nSPS) is 17.1. The van der Waals surface area contributed by atoms with Crippen LogP contribution in [-0.2, 0) is 4.79 Å². The van der Waals surface area contributed by atoms with Gasteiger partial charge >= 0.3 is 5.97 Å². The molecule has 0 aliphatic rings. The maximum Gasteiger partial charge on any atom is 0.309 e. The van der Waals surface area contributed by atoms with E-state index in [1.54, 1.807) is 0 Å². The van der Waals surface area contributed by atoms with Crippen molar-refractivity contribution in [1.29, 1.82) is 0 Å². The lowest BCUT2D eigenvalue weighted by atomic mass is 9.90. The number of carboxylic acid groups (broad SMARTS) is 1. The van der Waals surface area contributed by atoms with Gasteiger partial charge in [0.05, 0.1) is 5.41 Å². The molecule has 0 saturated heterocycles. The Morgan fingerprint density at radius 2 is 1.83 bits per heavy atom. The minimum Gasteiger partial charge on any atom is -0.481 e. The highest BCUT2D eigenvalue weighted by atomic mass is 28.3. The topological polar surface area (TPSA) is 37.3 Å². The van der Waals surface area contributed by atoms with Crippen molar-refractivity contribution in [2.75, 3.05) is 0 Å². The molecule has 12 heavy (non-hydrogen) atoms. The molecule has 1 N–H and O–H groups in total. The minimum atomic E-state index is -1.26. The molecule has 2 nitrogen and oxygen atoms in total. The van der Waals surface area contributed by atoms with Crippen molar-refractivity contribution in [1.82, 2.24) is 0 Å². The Bertz CT molecular complexity index is 172. The molecule has 3 heteroatoms. The molecule has 0 bridgehead atoms. The van der Waals surface area contributed by atoms with Crippen molar-refractivity contribution in [2.45, 2.75) is 46.0 Å². The molecule has 0 spiro atoms. The van der Waals surface area contributed by atoms with Crippen LogP contribution in [0.15, 0.2) is 0 Å². The zero-order valence-corrected chi connectivity index (χ0v) is 9.77. The molecular formula is C9H20O2Si. The summed E-state index contributed by atoms with van der Waals surface area (Å²) < 4.78 is 0. The first-order valence-electron chi connectivity index (χ1n) is 4.45. The fourth-order valence-electron chi connectivity index (χ4n) is 1.52. The molecular weight excluding hydrogens is 168 g/mol. The molecule has 0 fully saturated rings. The smallest absolute Gasteiger partial charge is 0.309 e. The molecule has 1 unspecified atom stereocenters. The quantitative estimate of drug-likeness (QED) is 0.689. The van der Waals surface area contributed by atoms with Crippen LogP contribution < -0.4 is 0 Å². The maximum atomic E-state index is 11.0. The molecule has 0 aromatic rings. The Morgan fingerprint density at radius 1 is 1.42 bits per heavy atom. The summed E-state index contributed by atoms with van der Waals surface area (Å²) in [5.74, 6) is -0.646. The Kier molecular flexibility index (Phi) is 3.51. The van der Waals surface area contributed by atoms with E-state index in [1.165, 1.54) is 0 Å². The van der Waals surface area contributed by atoms with Crippen LogP contribution in [0.4, 0.5) is 0 Å². The third kappa shape index (κ3) is 3.39. The first-order chi connectivity index (χ1) is 5.21. The Labute approximate surface area is 76.0 Å². The zero-order valence-electron chi connectivity index (χ0n) is 8.77. The van der Waals surface area contributed by atoms with E-state index in [1.807, 2.05) is 13.8 Å². The molecule has 0 aliphatic carbocycles. The van der Waals surface area contributed by atoms with E-state index in [0.29, 0.717) is 0 Å². The van der Waals surface area contributed by atoms with E-state index in [0.717, 1.165) is 12.5 Å². The number of carboxylic acids is 1. The minimum absolute atomic E-state index is 0.496. The summed E-state index contributed by atoms with van der Waals surface area (Å²) in [6, 6.07) is 0.867. The number of aliphatic carboxylic acids is 1. The summed E-state index contributed by atoms with van der Waals surface area (Å²) in [4.78, 5) is 11.0. The van der Waals surface area contributed by atoms with Crippen LogP contribution in [-0.4, -0.2) is 19.1 Å². The zero-order chi connectivity index (χ0) is 9.99. The highest BCUT2D eigenvalue weighted by Gasteiger charge is 2.35. The van der Waals surface area contributed by atoms with Crippen LogP contribution in [0.1, 0.15) is 20.3 Å². The molecule has 0 aromatic carbocycles. The lowest BCUT2D eigenvalue weighted by Crippen LogP contribution is -2.35. The van der Waals surface area contributed by atoms with Crippen molar-refractivity contribution in [3.63, 3.8) is 0 Å². The van der Waals surface area contributed by atoms with Gasteiger partial charge in [0.2, 0.25) is 0 Å². The second-order valence-corrected chi connectivity index (χ2v) is 10.4. The standard InChI is InChI=1S/C9H20O2Si/c1-6-9(2,8(10)11)7-12(3,4)5/h6-7H2,1-5H3,(H,10,11). The van der Waals surface area contributed by atoms with E-state index >= 15 is 0 Å². The molecule has 0 aromatic heterocycles. The average molecular weight is 188 g/mol. The molecule has 1 atom stereocenters. The van der Waals surface area contributed by atoms with E-state index in [-0.39, 0.29) is 0 Å². The third-order valence-electron chi connectivity index (χ3n) is 2.22. The second-order valence-electron chi connectivity index (χ2n) is 4.96. The summed E-state index contributed by atoms with van der Waals surface area (Å²) >= 11 is 0. The van der Waals surface area contributed by atoms with Crippen molar-refractivity contribution in [3.05, 3.63) is 0 Å². The Hall–Kier alpha value is -0.313. The SMILES string of the molecule is CCC(C)(C[Si](C)(C)C)C(=O)O. The van der Waals surface area contributed by atoms with Gasteiger partial charge in [-0.1, -0.05) is 26.6 Å². The van der Waals surface area contributed by atoms with Gasteiger partial charge in [0, 0.05) is 8.07 Å². The van der Waals surface area contributed by atoms with Crippen LogP contribution in [0.3, 0.4) is 0 Å². The van der Waals surface area contributed by atoms with Crippen molar-refractivity contribution < 1.29 is 9.90 Å². The summed E-state index contributed by atoms with van der Waals surface area (Å²) in [5.41, 5.74) is -0.496. The van der Waals surface area contributed by atoms with E-state index in [4.69, 9.17) is 5.11 Å². The van der Waals surface area contributed by atoms with Gasteiger partial charge < -0.3 is 5.11 Å². The van der Waals surface area contributed by atoms with Crippen LogP contribution in [0.25, 0.3) is 0 Å². The van der Waals surface area contributed by atoms with Gasteiger partial charge in [-0.25, -0.2) is 0 Å². The first-order valence-corrected chi connectivity index (χ1v) is 8.15. The van der Waals surface area contributed by atoms with Crippen LogP contribution in [0, 0.1) is 5.41 Å². The molecule has 0 aliphatic heterocycles. The van der Waals surface area contributed by atoms with Gasteiger partial charge in [0.1, 0.15) is 0 Å². The van der Waals surface area contributed by atoms with Gasteiger partial charge in [-0.3, -0.25) is 4.79 Å². The third-order valence-corrected chi connectivity index (χ3v) is 4.06. The van der Waals surface area contributed by atoms with Crippen LogP contribution in [0.2, 0.25) is 25.7 Å². The Balaban J connectivity index is 4.46. The average Bonchev–Trinajstić information content (AvgIpc) is 1.83. The molecule has 0 radical (unpaired) electrons. The van der Waals surface area contributed by atoms with Gasteiger partial charge in [-0.05, 0) is 19.4 Å².